The highest BCUT2D eigenvalue weighted by molar-refractivity contribution is 5.96. The second-order valence-corrected chi connectivity index (χ2v) is 10.9. The van der Waals surface area contributed by atoms with Gasteiger partial charge in [-0.1, -0.05) is 0 Å². The molecule has 4 aromatic rings. The maximum atomic E-state index is 13.0. The Labute approximate surface area is 251 Å². The van der Waals surface area contributed by atoms with Crippen molar-refractivity contribution in [2.45, 2.75) is 32.3 Å². The molecule has 0 bridgehead atoms. The summed E-state index contributed by atoms with van der Waals surface area (Å²) in [5.41, 5.74) is 3.52. The number of hydrogen-bond donors (Lipinski definition) is 1. The van der Waals surface area contributed by atoms with Crippen LogP contribution in [-0.4, -0.2) is 83.3 Å². The number of anilines is 1. The van der Waals surface area contributed by atoms with Gasteiger partial charge in [0, 0.05) is 73.5 Å². The van der Waals surface area contributed by atoms with Crippen molar-refractivity contribution in [2.24, 2.45) is 0 Å². The molecule has 10 nitrogen and oxygen atoms in total. The SMILES string of the molecule is O=C(Cc1ccc(Oc2ccnc3cc(OCCCN4CCOCC4)c(CO)cc23)cn1)c1cc(N2CCCC2)ccn1. The average molecular weight is 584 g/mol. The topological polar surface area (TPSA) is 110 Å². The molecule has 0 atom stereocenters. The van der Waals surface area contributed by atoms with E-state index in [2.05, 4.69) is 24.8 Å². The summed E-state index contributed by atoms with van der Waals surface area (Å²) in [5, 5.41) is 10.8. The van der Waals surface area contributed by atoms with Crippen LogP contribution in [-0.2, 0) is 17.8 Å². The van der Waals surface area contributed by atoms with Gasteiger partial charge < -0.3 is 24.2 Å². The van der Waals surface area contributed by atoms with Crippen LogP contribution in [0.15, 0.2) is 61.1 Å². The predicted molar refractivity (Wildman–Crippen MR) is 163 cm³/mol. The zero-order valence-corrected chi connectivity index (χ0v) is 24.3. The van der Waals surface area contributed by atoms with Crippen LogP contribution in [0.3, 0.4) is 0 Å². The number of aliphatic hydroxyl groups is 1. The van der Waals surface area contributed by atoms with Gasteiger partial charge in [0.1, 0.15) is 22.9 Å². The molecule has 0 amide bonds. The van der Waals surface area contributed by atoms with Gasteiger partial charge in [0.05, 0.1) is 44.6 Å². The first-order valence-electron chi connectivity index (χ1n) is 15.0. The van der Waals surface area contributed by atoms with Gasteiger partial charge in [-0.15, -0.1) is 0 Å². The highest BCUT2D eigenvalue weighted by atomic mass is 16.5. The number of aromatic nitrogens is 3. The number of rotatable bonds is 12. The number of pyridine rings is 3. The molecular formula is C33H37N5O5. The molecule has 1 N–H and O–H groups in total. The third-order valence-corrected chi connectivity index (χ3v) is 7.90. The molecule has 2 fully saturated rings. The maximum absolute atomic E-state index is 13.0. The lowest BCUT2D eigenvalue weighted by atomic mass is 10.1. The smallest absolute Gasteiger partial charge is 0.187 e. The van der Waals surface area contributed by atoms with Crippen LogP contribution in [0.4, 0.5) is 5.69 Å². The molecule has 43 heavy (non-hydrogen) atoms. The zero-order valence-electron chi connectivity index (χ0n) is 24.3. The van der Waals surface area contributed by atoms with E-state index in [1.165, 1.54) is 12.8 Å². The summed E-state index contributed by atoms with van der Waals surface area (Å²) in [7, 11) is 0. The fourth-order valence-corrected chi connectivity index (χ4v) is 5.54. The number of carbonyl (C=O) groups is 1. The molecule has 224 valence electrons. The van der Waals surface area contributed by atoms with Crippen LogP contribution < -0.4 is 14.4 Å². The Bertz CT molecular complexity index is 1540. The Morgan fingerprint density at radius 2 is 1.77 bits per heavy atom. The van der Waals surface area contributed by atoms with Crippen LogP contribution in [0.25, 0.3) is 10.9 Å². The van der Waals surface area contributed by atoms with E-state index >= 15 is 0 Å². The van der Waals surface area contributed by atoms with Crippen LogP contribution in [0.1, 0.15) is 41.0 Å². The van der Waals surface area contributed by atoms with E-state index in [1.54, 1.807) is 36.8 Å². The van der Waals surface area contributed by atoms with E-state index in [0.29, 0.717) is 46.3 Å². The normalized spacial score (nSPS) is 15.6. The van der Waals surface area contributed by atoms with E-state index in [1.807, 2.05) is 24.3 Å². The number of Topliss-reactive ketones (excluding diaryl/α,β-unsaturated/α-hetero) is 1. The summed E-state index contributed by atoms with van der Waals surface area (Å²) in [5.74, 6) is 1.68. The summed E-state index contributed by atoms with van der Waals surface area (Å²) >= 11 is 0. The minimum Gasteiger partial charge on any atom is -0.493 e. The Balaban J connectivity index is 1.09. The monoisotopic (exact) mass is 583 g/mol. The van der Waals surface area contributed by atoms with Gasteiger partial charge in [-0.3, -0.25) is 24.6 Å². The van der Waals surface area contributed by atoms with Crippen molar-refractivity contribution in [1.82, 2.24) is 19.9 Å². The van der Waals surface area contributed by atoms with Crippen LogP contribution in [0, 0.1) is 0 Å². The molecule has 0 spiro atoms. The Kier molecular flexibility index (Phi) is 9.37. The molecule has 0 unspecified atom stereocenters. The van der Waals surface area contributed by atoms with Gasteiger partial charge >= 0.3 is 0 Å². The summed E-state index contributed by atoms with van der Waals surface area (Å²) in [6.07, 6.45) is 8.39. The number of morpholine rings is 1. The molecule has 2 aliphatic rings. The standard InChI is InChI=1S/C33H37N5O5/c39-23-24-18-28-29(21-33(24)42-15-3-10-37-13-16-41-17-14-37)34-9-7-32(28)43-27-5-4-25(36-22-27)19-31(40)30-20-26(6-8-35-30)38-11-1-2-12-38/h4-9,18,20-22,39H,1-3,10-17,19,23H2. The Morgan fingerprint density at radius 1 is 0.930 bits per heavy atom. The van der Waals surface area contributed by atoms with E-state index < -0.39 is 0 Å². The predicted octanol–water partition coefficient (Wildman–Crippen LogP) is 4.44. The first-order valence-corrected chi connectivity index (χ1v) is 15.0. The highest BCUT2D eigenvalue weighted by Crippen LogP contribution is 2.33. The quantitative estimate of drug-likeness (QED) is 0.190. The van der Waals surface area contributed by atoms with E-state index in [4.69, 9.17) is 14.2 Å². The molecule has 2 aliphatic heterocycles. The van der Waals surface area contributed by atoms with E-state index in [0.717, 1.165) is 63.4 Å². The number of hydrogen-bond acceptors (Lipinski definition) is 10. The number of fused-ring (bicyclic) bond motifs is 1. The summed E-state index contributed by atoms with van der Waals surface area (Å²) in [4.78, 5) is 30.9. The average Bonchev–Trinajstić information content (AvgIpc) is 3.60. The summed E-state index contributed by atoms with van der Waals surface area (Å²) in [6, 6.07) is 12.9. The van der Waals surface area contributed by atoms with Crippen molar-refractivity contribution in [3.63, 3.8) is 0 Å². The van der Waals surface area contributed by atoms with Gasteiger partial charge in [0.2, 0.25) is 0 Å². The number of ether oxygens (including phenoxy) is 3. The van der Waals surface area contributed by atoms with Crippen LogP contribution in [0.2, 0.25) is 0 Å². The molecule has 3 aromatic heterocycles. The fraction of sp³-hybridized carbons (Fsp3) is 0.394. The Morgan fingerprint density at radius 3 is 2.56 bits per heavy atom. The summed E-state index contributed by atoms with van der Waals surface area (Å²) in [6.45, 7) is 6.82. The molecule has 5 heterocycles. The largest absolute Gasteiger partial charge is 0.493 e. The third kappa shape index (κ3) is 7.27. The molecule has 0 saturated carbocycles. The molecule has 0 radical (unpaired) electrons. The molecule has 0 aliphatic carbocycles. The Hall–Kier alpha value is -4.12. The molecule has 1 aromatic carbocycles. The molecule has 10 heteroatoms. The number of aliphatic hydroxyl groups excluding tert-OH is 1. The van der Waals surface area contributed by atoms with Crippen LogP contribution in [0.5, 0.6) is 17.2 Å². The number of benzene rings is 1. The lowest BCUT2D eigenvalue weighted by Gasteiger charge is -2.26. The highest BCUT2D eigenvalue weighted by Gasteiger charge is 2.17. The van der Waals surface area contributed by atoms with Gasteiger partial charge in [-0.05, 0) is 55.7 Å². The molecule has 6 rings (SSSR count). The van der Waals surface area contributed by atoms with Gasteiger partial charge in [0.25, 0.3) is 0 Å². The van der Waals surface area contributed by atoms with Gasteiger partial charge in [0.15, 0.2) is 5.78 Å². The second kappa shape index (κ2) is 13.9. The zero-order chi connectivity index (χ0) is 29.4. The molecular weight excluding hydrogens is 546 g/mol. The first-order chi connectivity index (χ1) is 21.2. The molecule has 2 saturated heterocycles. The lowest BCUT2D eigenvalue weighted by molar-refractivity contribution is 0.0357. The van der Waals surface area contributed by atoms with Crippen molar-refractivity contribution >= 4 is 22.4 Å². The summed E-state index contributed by atoms with van der Waals surface area (Å²) < 4.78 is 17.6. The second-order valence-electron chi connectivity index (χ2n) is 10.9. The first kappa shape index (κ1) is 29.0. The maximum Gasteiger partial charge on any atom is 0.187 e. The number of nitrogens with zero attached hydrogens (tertiary/aromatic N) is 5. The minimum absolute atomic E-state index is 0.0713. The van der Waals surface area contributed by atoms with Gasteiger partial charge in [-0.25, -0.2) is 0 Å². The third-order valence-electron chi connectivity index (χ3n) is 7.90. The van der Waals surface area contributed by atoms with Crippen molar-refractivity contribution < 1.29 is 24.1 Å². The number of ketones is 1. The van der Waals surface area contributed by atoms with Crippen molar-refractivity contribution in [2.75, 3.05) is 57.4 Å². The van der Waals surface area contributed by atoms with Crippen LogP contribution >= 0.6 is 0 Å². The fourth-order valence-electron chi connectivity index (χ4n) is 5.54. The minimum atomic E-state index is -0.164. The van der Waals surface area contributed by atoms with Crippen molar-refractivity contribution in [1.29, 1.82) is 0 Å². The van der Waals surface area contributed by atoms with E-state index in [-0.39, 0.29) is 18.8 Å². The lowest BCUT2D eigenvalue weighted by Crippen LogP contribution is -2.37. The number of carbonyl (C=O) groups excluding carboxylic acids is 1. The van der Waals surface area contributed by atoms with Crippen molar-refractivity contribution in [3.05, 3.63) is 78.0 Å². The van der Waals surface area contributed by atoms with E-state index in [9.17, 15) is 9.90 Å². The van der Waals surface area contributed by atoms with Crippen molar-refractivity contribution in [3.8, 4) is 17.2 Å². The van der Waals surface area contributed by atoms with Gasteiger partial charge in [-0.2, -0.15) is 0 Å².